The van der Waals surface area contributed by atoms with Gasteiger partial charge in [0, 0.05) is 48.2 Å². The second kappa shape index (κ2) is 14.5. The van der Waals surface area contributed by atoms with Crippen LogP contribution in [0.3, 0.4) is 0 Å². The first-order valence-corrected chi connectivity index (χ1v) is 12.9. The molecule has 0 radical (unpaired) electrons. The Labute approximate surface area is 237 Å². The molecule has 0 aliphatic heterocycles. The van der Waals surface area contributed by atoms with E-state index >= 15 is 0 Å². The van der Waals surface area contributed by atoms with Crippen LogP contribution in [0.1, 0.15) is 60.9 Å². The van der Waals surface area contributed by atoms with Crippen molar-refractivity contribution >= 4 is 29.5 Å². The number of aliphatic hydroxyl groups is 1. The highest BCUT2D eigenvalue weighted by molar-refractivity contribution is 6.31. The number of aromatic nitrogens is 3. The number of aliphatic carboxylic acids is 3. The van der Waals surface area contributed by atoms with E-state index in [0.29, 0.717) is 6.04 Å². The van der Waals surface area contributed by atoms with Gasteiger partial charge in [0.25, 0.3) is 0 Å². The second-order valence-electron chi connectivity index (χ2n) is 9.72. The van der Waals surface area contributed by atoms with Crippen molar-refractivity contribution in [1.82, 2.24) is 19.7 Å². The van der Waals surface area contributed by atoms with E-state index in [4.69, 9.17) is 37.1 Å². The van der Waals surface area contributed by atoms with E-state index in [0.717, 1.165) is 41.6 Å². The number of rotatable bonds is 12. The van der Waals surface area contributed by atoms with Gasteiger partial charge >= 0.3 is 17.9 Å². The summed E-state index contributed by atoms with van der Waals surface area (Å²) < 4.78 is 2.11. The summed E-state index contributed by atoms with van der Waals surface area (Å²) in [6, 6.07) is 14.4. The quantitative estimate of drug-likeness (QED) is 0.247. The van der Waals surface area contributed by atoms with Gasteiger partial charge in [0.15, 0.2) is 5.60 Å². The average molecular weight is 575 g/mol. The van der Waals surface area contributed by atoms with Crippen molar-refractivity contribution in [3.63, 3.8) is 0 Å². The predicted molar refractivity (Wildman–Crippen MR) is 148 cm³/mol. The lowest BCUT2D eigenvalue weighted by Gasteiger charge is -2.23. The Hall–Kier alpha value is -3.80. The molecule has 2 aromatic heterocycles. The van der Waals surface area contributed by atoms with E-state index in [2.05, 4.69) is 54.4 Å². The van der Waals surface area contributed by atoms with E-state index in [-0.39, 0.29) is 0 Å². The zero-order valence-corrected chi connectivity index (χ0v) is 23.7. The Morgan fingerprint density at radius 1 is 0.950 bits per heavy atom. The zero-order valence-electron chi connectivity index (χ0n) is 22.9. The summed E-state index contributed by atoms with van der Waals surface area (Å²) in [5.41, 5.74) is 3.04. The third-order valence-electron chi connectivity index (χ3n) is 6.09. The number of carbonyl (C=O) groups is 3. The van der Waals surface area contributed by atoms with Crippen molar-refractivity contribution < 1.29 is 34.8 Å². The molecule has 0 saturated carbocycles. The lowest BCUT2D eigenvalue weighted by atomic mass is 9.96. The third-order valence-corrected chi connectivity index (χ3v) is 6.46. The van der Waals surface area contributed by atoms with Gasteiger partial charge in [0.05, 0.1) is 24.2 Å². The molecule has 1 aromatic carbocycles. The summed E-state index contributed by atoms with van der Waals surface area (Å²) in [5.74, 6) is -5.02. The summed E-state index contributed by atoms with van der Waals surface area (Å²) in [6.45, 7) is 10.9. The molecule has 11 nitrogen and oxygen atoms in total. The molecule has 0 spiro atoms. The van der Waals surface area contributed by atoms with Crippen LogP contribution in [0.5, 0.6) is 0 Å². The molecule has 3 aromatic rings. The molecule has 0 aliphatic rings. The fourth-order valence-electron chi connectivity index (χ4n) is 4.12. The summed E-state index contributed by atoms with van der Waals surface area (Å²) in [6.07, 6.45) is -0.445. The molecule has 0 bridgehead atoms. The third kappa shape index (κ3) is 9.44. The molecule has 0 unspecified atom stereocenters. The molecule has 2 heterocycles. The molecule has 40 heavy (non-hydrogen) atoms. The minimum absolute atomic E-state index is 0.352. The van der Waals surface area contributed by atoms with Gasteiger partial charge in [0.2, 0.25) is 0 Å². The zero-order chi connectivity index (χ0) is 30.0. The van der Waals surface area contributed by atoms with Gasteiger partial charge in [-0.1, -0.05) is 35.9 Å². The highest BCUT2D eigenvalue weighted by Gasteiger charge is 2.40. The summed E-state index contributed by atoms with van der Waals surface area (Å²) >= 11 is 6.42. The number of benzene rings is 1. The average Bonchev–Trinajstić information content (AvgIpc) is 3.14. The van der Waals surface area contributed by atoms with Gasteiger partial charge in [-0.25, -0.2) is 4.79 Å². The molecule has 0 amide bonds. The number of aryl methyl sites for hydroxylation is 1. The van der Waals surface area contributed by atoms with Crippen LogP contribution in [-0.4, -0.2) is 63.6 Å². The molecule has 216 valence electrons. The number of hydrogen-bond donors (Lipinski definition) is 4. The van der Waals surface area contributed by atoms with Crippen LogP contribution < -0.4 is 0 Å². The number of halogens is 1. The Balaban J connectivity index is 0.000000366. The van der Waals surface area contributed by atoms with Crippen molar-refractivity contribution in [2.24, 2.45) is 0 Å². The maximum atomic E-state index is 10.3. The summed E-state index contributed by atoms with van der Waals surface area (Å²) in [4.78, 5) is 37.4. The Morgan fingerprint density at radius 3 is 2.02 bits per heavy atom. The monoisotopic (exact) mass is 574 g/mol. The Kier molecular flexibility index (Phi) is 11.8. The van der Waals surface area contributed by atoms with Crippen molar-refractivity contribution in [3.05, 3.63) is 81.9 Å². The van der Waals surface area contributed by atoms with Crippen molar-refractivity contribution in [1.29, 1.82) is 0 Å². The number of carboxylic acid groups (broad SMARTS) is 3. The number of hydrogen-bond acceptors (Lipinski definition) is 7. The van der Waals surface area contributed by atoms with Crippen LogP contribution in [0.2, 0.25) is 5.02 Å². The van der Waals surface area contributed by atoms with Gasteiger partial charge in [-0.3, -0.25) is 24.2 Å². The minimum atomic E-state index is -2.74. The van der Waals surface area contributed by atoms with Gasteiger partial charge in [-0.2, -0.15) is 5.10 Å². The fraction of sp³-hybridized carbons (Fsp3) is 0.393. The first-order chi connectivity index (χ1) is 18.7. The van der Waals surface area contributed by atoms with Crippen LogP contribution in [0.4, 0.5) is 0 Å². The maximum absolute atomic E-state index is 10.3. The van der Waals surface area contributed by atoms with E-state index in [9.17, 15) is 14.4 Å². The SMILES string of the molecule is Cc1nn(C(C)C)c(C)c1CN(Cc1ccccn1)Cc1ccccc1Cl.O=C(O)CC(O)(CC(=O)O)C(=O)O. The van der Waals surface area contributed by atoms with E-state index in [1.807, 2.05) is 36.5 Å². The molecular formula is C28H35ClN4O7. The Morgan fingerprint density at radius 2 is 1.55 bits per heavy atom. The van der Waals surface area contributed by atoms with Crippen molar-refractivity contribution in [2.45, 2.75) is 71.8 Å². The number of pyridine rings is 1. The normalized spacial score (nSPS) is 11.3. The van der Waals surface area contributed by atoms with Crippen LogP contribution in [0.15, 0.2) is 48.7 Å². The molecule has 0 aliphatic carbocycles. The molecule has 3 rings (SSSR count). The van der Waals surface area contributed by atoms with Gasteiger partial charge in [0.1, 0.15) is 0 Å². The standard InChI is InChI=1S/C22H27ClN4.C6H8O7/c1-16(2)27-18(4)21(17(3)25-27)15-26(14-20-10-7-8-12-24-20)13-19-9-5-6-11-22(19)23;7-3(8)1-6(13,5(11)12)2-4(9)10/h5-12,16H,13-15H2,1-4H3;13H,1-2H2,(H,7,8)(H,9,10)(H,11,12). The minimum Gasteiger partial charge on any atom is -0.481 e. The molecule has 0 fully saturated rings. The molecular weight excluding hydrogens is 540 g/mol. The lowest BCUT2D eigenvalue weighted by molar-refractivity contribution is -0.170. The second-order valence-corrected chi connectivity index (χ2v) is 10.1. The van der Waals surface area contributed by atoms with Crippen LogP contribution in [0.25, 0.3) is 0 Å². The van der Waals surface area contributed by atoms with Crippen molar-refractivity contribution in [3.8, 4) is 0 Å². The van der Waals surface area contributed by atoms with Crippen molar-refractivity contribution in [2.75, 3.05) is 0 Å². The molecule has 12 heteroatoms. The first kappa shape index (κ1) is 32.4. The lowest BCUT2D eigenvalue weighted by Crippen LogP contribution is -2.42. The maximum Gasteiger partial charge on any atom is 0.336 e. The van der Waals surface area contributed by atoms with Gasteiger partial charge < -0.3 is 20.4 Å². The van der Waals surface area contributed by atoms with Gasteiger partial charge in [-0.15, -0.1) is 0 Å². The highest BCUT2D eigenvalue weighted by Crippen LogP contribution is 2.23. The molecule has 0 saturated heterocycles. The van der Waals surface area contributed by atoms with Crippen LogP contribution in [0, 0.1) is 13.8 Å². The topological polar surface area (TPSA) is 166 Å². The van der Waals surface area contributed by atoms with Crippen LogP contribution in [-0.2, 0) is 34.0 Å². The molecule has 0 atom stereocenters. The number of nitrogens with zero attached hydrogens (tertiary/aromatic N) is 4. The fourth-order valence-corrected chi connectivity index (χ4v) is 4.32. The first-order valence-electron chi connectivity index (χ1n) is 12.5. The van der Waals surface area contributed by atoms with E-state index in [1.165, 1.54) is 11.3 Å². The number of carboxylic acids is 3. The summed E-state index contributed by atoms with van der Waals surface area (Å²) in [5, 5.41) is 39.4. The van der Waals surface area contributed by atoms with E-state index < -0.39 is 36.4 Å². The van der Waals surface area contributed by atoms with E-state index in [1.54, 1.807) is 0 Å². The highest BCUT2D eigenvalue weighted by atomic mass is 35.5. The Bertz CT molecular complexity index is 1300. The van der Waals surface area contributed by atoms with Gasteiger partial charge in [-0.05, 0) is 51.5 Å². The molecule has 4 N–H and O–H groups in total. The largest absolute Gasteiger partial charge is 0.481 e. The smallest absolute Gasteiger partial charge is 0.336 e. The summed E-state index contributed by atoms with van der Waals surface area (Å²) in [7, 11) is 0. The predicted octanol–water partition coefficient (Wildman–Crippen LogP) is 4.08. The van der Waals surface area contributed by atoms with Crippen LogP contribution >= 0.6 is 11.6 Å².